The third-order valence-electron chi connectivity index (χ3n) is 4.19. The van der Waals surface area contributed by atoms with Crippen LogP contribution in [0.5, 0.6) is 11.5 Å². The van der Waals surface area contributed by atoms with E-state index in [-0.39, 0.29) is 23.6 Å². The summed E-state index contributed by atoms with van der Waals surface area (Å²) in [4.78, 5) is 25.1. The Balaban J connectivity index is 2.16. The zero-order chi connectivity index (χ0) is 20.8. The van der Waals surface area contributed by atoms with Crippen molar-refractivity contribution >= 4 is 17.3 Å². The van der Waals surface area contributed by atoms with E-state index in [2.05, 4.69) is 5.32 Å². The minimum atomic E-state index is -0.959. The van der Waals surface area contributed by atoms with E-state index >= 15 is 0 Å². The Labute approximate surface area is 162 Å². The van der Waals surface area contributed by atoms with Crippen LogP contribution in [0.15, 0.2) is 36.4 Å². The zero-order valence-corrected chi connectivity index (χ0v) is 16.1. The van der Waals surface area contributed by atoms with Crippen LogP contribution in [0.1, 0.15) is 22.0 Å². The van der Waals surface area contributed by atoms with Gasteiger partial charge >= 0.3 is 0 Å². The fourth-order valence-electron chi connectivity index (χ4n) is 2.60. The number of ether oxygens (including phenoxy) is 2. The largest absolute Gasteiger partial charge is 0.493 e. The van der Waals surface area contributed by atoms with Crippen LogP contribution in [-0.2, 0) is 0 Å². The molecule has 0 aliphatic heterocycles. The Morgan fingerprint density at radius 1 is 1.18 bits per heavy atom. The van der Waals surface area contributed by atoms with Gasteiger partial charge in [-0.3, -0.25) is 14.9 Å². The Kier molecular flexibility index (Phi) is 6.78. The number of carbonyl (C=O) groups is 1. The van der Waals surface area contributed by atoms with E-state index in [1.165, 1.54) is 20.3 Å². The van der Waals surface area contributed by atoms with Crippen molar-refractivity contribution in [3.8, 4) is 11.5 Å². The number of carbonyl (C=O) groups excluding carboxylic acids is 1. The molecule has 0 radical (unpaired) electrons. The highest BCUT2D eigenvalue weighted by Gasteiger charge is 2.25. The van der Waals surface area contributed by atoms with Crippen LogP contribution in [0, 0.1) is 10.1 Å². The number of rotatable bonds is 8. The molecule has 0 fully saturated rings. The quantitative estimate of drug-likeness (QED) is 0.525. The van der Waals surface area contributed by atoms with Crippen LogP contribution < -0.4 is 19.7 Å². The highest BCUT2D eigenvalue weighted by atomic mass is 16.6. The molecule has 0 saturated carbocycles. The number of nitrogens with zero attached hydrogens (tertiary/aromatic N) is 2. The first-order valence-corrected chi connectivity index (χ1v) is 8.42. The van der Waals surface area contributed by atoms with E-state index in [1.807, 2.05) is 31.1 Å². The van der Waals surface area contributed by atoms with Crippen LogP contribution in [-0.4, -0.2) is 50.8 Å². The second-order valence-electron chi connectivity index (χ2n) is 6.19. The number of methoxy groups -OCH3 is 2. The number of hydrogen-bond donors (Lipinski definition) is 2. The van der Waals surface area contributed by atoms with E-state index in [4.69, 9.17) is 9.47 Å². The molecule has 1 atom stereocenters. The summed E-state index contributed by atoms with van der Waals surface area (Å²) in [5.41, 5.74) is 0.992. The maximum atomic E-state index is 12.5. The Bertz CT molecular complexity index is 851. The maximum absolute atomic E-state index is 12.5. The van der Waals surface area contributed by atoms with Gasteiger partial charge in [0.2, 0.25) is 0 Å². The molecule has 0 aliphatic carbocycles. The normalized spacial score (nSPS) is 11.5. The third-order valence-corrected chi connectivity index (χ3v) is 4.19. The van der Waals surface area contributed by atoms with E-state index in [9.17, 15) is 20.0 Å². The first-order valence-electron chi connectivity index (χ1n) is 8.42. The number of nitro benzene ring substituents is 1. The number of anilines is 1. The second kappa shape index (κ2) is 9.05. The molecule has 9 nitrogen and oxygen atoms in total. The van der Waals surface area contributed by atoms with Crippen LogP contribution in [0.25, 0.3) is 0 Å². The van der Waals surface area contributed by atoms with Gasteiger partial charge in [0, 0.05) is 32.4 Å². The molecule has 0 saturated heterocycles. The third kappa shape index (κ3) is 4.68. The van der Waals surface area contributed by atoms with Crippen molar-refractivity contribution in [2.45, 2.75) is 6.10 Å². The van der Waals surface area contributed by atoms with Crippen molar-refractivity contribution in [3.63, 3.8) is 0 Å². The van der Waals surface area contributed by atoms with Crippen LogP contribution in [0.4, 0.5) is 11.4 Å². The van der Waals surface area contributed by atoms with Gasteiger partial charge in [0.05, 0.1) is 31.3 Å². The summed E-state index contributed by atoms with van der Waals surface area (Å²) < 4.78 is 10.1. The fourth-order valence-corrected chi connectivity index (χ4v) is 2.60. The molecule has 0 bridgehead atoms. The Hall–Kier alpha value is -3.33. The first-order chi connectivity index (χ1) is 13.3. The molecule has 1 unspecified atom stereocenters. The molecule has 0 aromatic heterocycles. The standard InChI is InChI=1S/C19H23N3O6/c1-21(2)13-7-5-12(6-8-13)16(23)11-20-19(24)14-9-17(27-3)18(28-4)10-15(14)22(25)26/h5-10,16,23H,11H2,1-4H3,(H,20,24). The highest BCUT2D eigenvalue weighted by molar-refractivity contribution is 5.99. The second-order valence-corrected chi connectivity index (χ2v) is 6.19. The van der Waals surface area contributed by atoms with Crippen LogP contribution in [0.2, 0.25) is 0 Å². The molecule has 0 aliphatic rings. The molecule has 2 aromatic rings. The van der Waals surface area contributed by atoms with Crippen molar-refractivity contribution < 1.29 is 24.3 Å². The molecular formula is C19H23N3O6. The first kappa shape index (κ1) is 21.0. The minimum absolute atomic E-state index is 0.106. The number of nitrogens with one attached hydrogen (secondary N) is 1. The van der Waals surface area contributed by atoms with Gasteiger partial charge in [-0.15, -0.1) is 0 Å². The predicted octanol–water partition coefficient (Wildman–Crippen LogP) is 2.14. The summed E-state index contributed by atoms with van der Waals surface area (Å²) in [5.74, 6) is -0.360. The summed E-state index contributed by atoms with van der Waals surface area (Å²) >= 11 is 0. The molecule has 150 valence electrons. The highest BCUT2D eigenvalue weighted by Crippen LogP contribution is 2.34. The van der Waals surface area contributed by atoms with Crippen molar-refractivity contribution in [1.29, 1.82) is 0 Å². The molecule has 2 rings (SSSR count). The lowest BCUT2D eigenvalue weighted by atomic mass is 10.1. The number of hydrogen-bond acceptors (Lipinski definition) is 7. The number of aliphatic hydroxyl groups is 1. The van der Waals surface area contributed by atoms with Gasteiger partial charge in [0.25, 0.3) is 11.6 Å². The summed E-state index contributed by atoms with van der Waals surface area (Å²) in [7, 11) is 6.52. The van der Waals surface area contributed by atoms with Crippen molar-refractivity contribution in [2.24, 2.45) is 0 Å². The lowest BCUT2D eigenvalue weighted by molar-refractivity contribution is -0.385. The van der Waals surface area contributed by atoms with Gasteiger partial charge < -0.3 is 24.8 Å². The van der Waals surface area contributed by atoms with E-state index in [0.717, 1.165) is 11.8 Å². The van der Waals surface area contributed by atoms with Crippen molar-refractivity contribution in [2.75, 3.05) is 39.8 Å². The van der Waals surface area contributed by atoms with Crippen LogP contribution >= 0.6 is 0 Å². The molecule has 0 spiro atoms. The van der Waals surface area contributed by atoms with E-state index in [0.29, 0.717) is 5.56 Å². The Morgan fingerprint density at radius 2 is 1.75 bits per heavy atom. The van der Waals surface area contributed by atoms with E-state index < -0.39 is 22.6 Å². The van der Waals surface area contributed by atoms with Gasteiger partial charge in [-0.25, -0.2) is 0 Å². The van der Waals surface area contributed by atoms with Gasteiger partial charge in [0.15, 0.2) is 11.5 Å². The molecular weight excluding hydrogens is 366 g/mol. The number of benzene rings is 2. The van der Waals surface area contributed by atoms with Gasteiger partial charge in [-0.1, -0.05) is 12.1 Å². The van der Waals surface area contributed by atoms with Crippen LogP contribution in [0.3, 0.4) is 0 Å². The average molecular weight is 389 g/mol. The number of nitro groups is 1. The lowest BCUT2D eigenvalue weighted by Gasteiger charge is -2.16. The number of amides is 1. The average Bonchev–Trinajstić information content (AvgIpc) is 2.70. The summed E-state index contributed by atoms with van der Waals surface area (Å²) in [6.07, 6.45) is -0.959. The minimum Gasteiger partial charge on any atom is -0.493 e. The fraction of sp³-hybridized carbons (Fsp3) is 0.316. The van der Waals surface area contributed by atoms with Gasteiger partial charge in [0.1, 0.15) is 5.56 Å². The lowest BCUT2D eigenvalue weighted by Crippen LogP contribution is -2.29. The maximum Gasteiger partial charge on any atom is 0.286 e. The monoisotopic (exact) mass is 389 g/mol. The summed E-state index contributed by atoms with van der Waals surface area (Å²) in [5, 5.41) is 24.1. The van der Waals surface area contributed by atoms with Gasteiger partial charge in [-0.2, -0.15) is 0 Å². The molecule has 2 N–H and O–H groups in total. The number of aliphatic hydroxyl groups excluding tert-OH is 1. The molecule has 1 amide bonds. The predicted molar refractivity (Wildman–Crippen MR) is 104 cm³/mol. The summed E-state index contributed by atoms with van der Waals surface area (Å²) in [6, 6.07) is 9.57. The molecule has 2 aromatic carbocycles. The van der Waals surface area contributed by atoms with Gasteiger partial charge in [-0.05, 0) is 17.7 Å². The van der Waals surface area contributed by atoms with E-state index in [1.54, 1.807) is 12.1 Å². The Morgan fingerprint density at radius 3 is 2.25 bits per heavy atom. The van der Waals surface area contributed by atoms with Crippen molar-refractivity contribution in [1.82, 2.24) is 5.32 Å². The SMILES string of the molecule is COc1cc(C(=O)NCC(O)c2ccc(N(C)C)cc2)c([N+](=O)[O-])cc1OC. The van der Waals surface area contributed by atoms with Crippen molar-refractivity contribution in [3.05, 3.63) is 57.6 Å². The molecule has 9 heteroatoms. The zero-order valence-electron chi connectivity index (χ0n) is 16.1. The molecule has 0 heterocycles. The smallest absolute Gasteiger partial charge is 0.286 e. The molecule has 28 heavy (non-hydrogen) atoms. The summed E-state index contributed by atoms with van der Waals surface area (Å²) in [6.45, 7) is -0.106. The topological polar surface area (TPSA) is 114 Å².